The van der Waals surface area contributed by atoms with E-state index < -0.39 is 0 Å². The number of hydrogen-bond donors (Lipinski definition) is 2. The minimum Gasteiger partial charge on any atom is -0.497 e. The largest absolute Gasteiger partial charge is 0.497 e. The van der Waals surface area contributed by atoms with Crippen LogP contribution in [0.25, 0.3) is 5.65 Å². The first-order chi connectivity index (χ1) is 11.2. The lowest BCUT2D eigenvalue weighted by atomic mass is 10.0. The van der Waals surface area contributed by atoms with Gasteiger partial charge in [0, 0.05) is 0 Å². The van der Waals surface area contributed by atoms with Crippen molar-refractivity contribution in [1.82, 2.24) is 19.8 Å². The number of fused-ring (bicyclic) bond motifs is 1. The van der Waals surface area contributed by atoms with Crippen molar-refractivity contribution in [3.05, 3.63) is 47.8 Å². The number of benzene rings is 1. The summed E-state index contributed by atoms with van der Waals surface area (Å²) in [5.41, 5.74) is 1.76. The Hall–Kier alpha value is -2.67. The van der Waals surface area contributed by atoms with Crippen LogP contribution in [0.5, 0.6) is 5.75 Å². The Balaban J connectivity index is 1.85. The molecular weight excluding hydrogens is 294 g/mol. The monoisotopic (exact) mass is 313 g/mol. The summed E-state index contributed by atoms with van der Waals surface area (Å²) in [5, 5.41) is 25.0. The quantitative estimate of drug-likeness (QED) is 0.725. The Kier molecular flexibility index (Phi) is 4.38. The highest BCUT2D eigenvalue weighted by molar-refractivity contribution is 5.45. The van der Waals surface area contributed by atoms with Gasteiger partial charge in [-0.1, -0.05) is 19.1 Å². The summed E-state index contributed by atoms with van der Waals surface area (Å²) in [6.45, 7) is 1.91. The van der Waals surface area contributed by atoms with Crippen molar-refractivity contribution in [2.24, 2.45) is 0 Å². The lowest BCUT2D eigenvalue weighted by molar-refractivity contribution is 0.268. The zero-order valence-electron chi connectivity index (χ0n) is 13.1. The van der Waals surface area contributed by atoms with Crippen LogP contribution in [-0.2, 0) is 6.61 Å². The molecule has 2 heterocycles. The number of anilines is 1. The van der Waals surface area contributed by atoms with Crippen LogP contribution in [0.4, 0.5) is 5.82 Å². The van der Waals surface area contributed by atoms with Gasteiger partial charge in [0.2, 0.25) is 0 Å². The van der Waals surface area contributed by atoms with Gasteiger partial charge in [0.05, 0.1) is 13.2 Å². The van der Waals surface area contributed by atoms with Gasteiger partial charge in [-0.2, -0.15) is 4.52 Å². The van der Waals surface area contributed by atoms with Crippen LogP contribution >= 0.6 is 0 Å². The third-order valence-electron chi connectivity index (χ3n) is 3.72. The van der Waals surface area contributed by atoms with Gasteiger partial charge in [-0.15, -0.1) is 15.3 Å². The molecule has 23 heavy (non-hydrogen) atoms. The minimum atomic E-state index is -0.201. The summed E-state index contributed by atoms with van der Waals surface area (Å²) < 4.78 is 6.74. The Morgan fingerprint density at radius 3 is 2.61 bits per heavy atom. The molecule has 2 aromatic heterocycles. The minimum absolute atomic E-state index is 0.125. The van der Waals surface area contributed by atoms with Crippen molar-refractivity contribution in [1.29, 1.82) is 0 Å². The predicted octanol–water partition coefficient (Wildman–Crippen LogP) is 2.19. The molecule has 0 amide bonds. The van der Waals surface area contributed by atoms with E-state index in [-0.39, 0.29) is 12.6 Å². The number of methoxy groups -OCH3 is 1. The number of aliphatic hydroxyl groups excluding tert-OH is 1. The van der Waals surface area contributed by atoms with E-state index in [1.54, 1.807) is 11.6 Å². The molecule has 0 aliphatic carbocycles. The normalized spacial score (nSPS) is 12.3. The zero-order chi connectivity index (χ0) is 16.2. The van der Waals surface area contributed by atoms with Crippen molar-refractivity contribution in [2.45, 2.75) is 26.0 Å². The van der Waals surface area contributed by atoms with E-state index in [4.69, 9.17) is 4.74 Å². The van der Waals surface area contributed by atoms with Crippen molar-refractivity contribution in [3.8, 4) is 5.75 Å². The molecule has 7 nitrogen and oxygen atoms in total. The van der Waals surface area contributed by atoms with Gasteiger partial charge < -0.3 is 15.2 Å². The highest BCUT2D eigenvalue weighted by Gasteiger charge is 2.12. The first kappa shape index (κ1) is 15.2. The highest BCUT2D eigenvalue weighted by atomic mass is 16.5. The lowest BCUT2D eigenvalue weighted by Gasteiger charge is -2.18. The fourth-order valence-corrected chi connectivity index (χ4v) is 2.44. The molecule has 0 fully saturated rings. The summed E-state index contributed by atoms with van der Waals surface area (Å²) in [7, 11) is 1.65. The molecule has 0 saturated heterocycles. The maximum absolute atomic E-state index is 9.28. The van der Waals surface area contributed by atoms with Crippen LogP contribution in [0, 0.1) is 0 Å². The second kappa shape index (κ2) is 6.62. The molecule has 0 aliphatic rings. The number of ether oxygens (including phenoxy) is 1. The van der Waals surface area contributed by atoms with Gasteiger partial charge >= 0.3 is 0 Å². The van der Waals surface area contributed by atoms with E-state index in [0.717, 1.165) is 17.7 Å². The molecule has 0 spiro atoms. The second-order valence-corrected chi connectivity index (χ2v) is 5.14. The molecule has 3 aromatic rings. The average molecular weight is 313 g/mol. The number of rotatable bonds is 6. The molecule has 0 radical (unpaired) electrons. The average Bonchev–Trinajstić information content (AvgIpc) is 3.02. The van der Waals surface area contributed by atoms with Crippen molar-refractivity contribution < 1.29 is 9.84 Å². The third-order valence-corrected chi connectivity index (χ3v) is 3.72. The standard InChI is InChI=1S/C16H19N5O2/c1-3-13(11-4-6-12(23-2)7-5-11)17-14-8-9-15-18-19-16(10-22)21(15)20-14/h4-9,13,22H,3,10H2,1-2H3,(H,17,20). The molecule has 3 rings (SSSR count). The smallest absolute Gasteiger partial charge is 0.180 e. The molecule has 0 bridgehead atoms. The summed E-state index contributed by atoms with van der Waals surface area (Å²) in [6.07, 6.45) is 0.904. The van der Waals surface area contributed by atoms with Gasteiger partial charge in [0.15, 0.2) is 11.5 Å². The van der Waals surface area contributed by atoms with Crippen molar-refractivity contribution in [2.75, 3.05) is 12.4 Å². The topological polar surface area (TPSA) is 84.6 Å². The van der Waals surface area contributed by atoms with Gasteiger partial charge in [0.1, 0.15) is 18.2 Å². The van der Waals surface area contributed by atoms with E-state index in [1.807, 2.05) is 36.4 Å². The molecule has 1 aromatic carbocycles. The Labute approximate surface area is 133 Å². The van der Waals surface area contributed by atoms with E-state index in [1.165, 1.54) is 0 Å². The molecule has 120 valence electrons. The lowest BCUT2D eigenvalue weighted by Crippen LogP contribution is -2.12. The van der Waals surface area contributed by atoms with Crippen LogP contribution < -0.4 is 10.1 Å². The number of aliphatic hydroxyl groups is 1. The van der Waals surface area contributed by atoms with Crippen molar-refractivity contribution in [3.63, 3.8) is 0 Å². The van der Waals surface area contributed by atoms with Crippen LogP contribution in [0.1, 0.15) is 30.8 Å². The molecule has 7 heteroatoms. The summed E-state index contributed by atoms with van der Waals surface area (Å²) >= 11 is 0. The first-order valence-electron chi connectivity index (χ1n) is 7.47. The Morgan fingerprint density at radius 2 is 1.96 bits per heavy atom. The van der Waals surface area contributed by atoms with Gasteiger partial charge in [0.25, 0.3) is 0 Å². The SMILES string of the molecule is CCC(Nc1ccc2nnc(CO)n2n1)c1ccc(OC)cc1. The van der Waals surface area contributed by atoms with Crippen LogP contribution in [0.15, 0.2) is 36.4 Å². The first-order valence-corrected chi connectivity index (χ1v) is 7.47. The number of nitrogens with one attached hydrogen (secondary N) is 1. The zero-order valence-corrected chi connectivity index (χ0v) is 13.1. The van der Waals surface area contributed by atoms with Gasteiger partial charge in [-0.25, -0.2) is 0 Å². The Bertz CT molecular complexity index is 785. The van der Waals surface area contributed by atoms with Crippen LogP contribution in [0.3, 0.4) is 0 Å². The predicted molar refractivity (Wildman–Crippen MR) is 86.4 cm³/mol. The molecule has 1 atom stereocenters. The van der Waals surface area contributed by atoms with Gasteiger partial charge in [-0.3, -0.25) is 0 Å². The summed E-state index contributed by atoms with van der Waals surface area (Å²) in [5.74, 6) is 1.95. The third kappa shape index (κ3) is 3.09. The Morgan fingerprint density at radius 1 is 1.17 bits per heavy atom. The fourth-order valence-electron chi connectivity index (χ4n) is 2.44. The van der Waals surface area contributed by atoms with E-state index in [0.29, 0.717) is 17.3 Å². The van der Waals surface area contributed by atoms with E-state index in [9.17, 15) is 5.11 Å². The molecule has 1 unspecified atom stereocenters. The summed E-state index contributed by atoms with van der Waals surface area (Å²) in [4.78, 5) is 0. The van der Waals surface area contributed by atoms with Gasteiger partial charge in [-0.05, 0) is 36.2 Å². The molecule has 0 aliphatic heterocycles. The summed E-state index contributed by atoms with van der Waals surface area (Å²) in [6, 6.07) is 11.8. The maximum atomic E-state index is 9.28. The number of nitrogens with zero attached hydrogens (tertiary/aromatic N) is 4. The fraction of sp³-hybridized carbons (Fsp3) is 0.312. The number of aromatic nitrogens is 4. The highest BCUT2D eigenvalue weighted by Crippen LogP contribution is 2.23. The van der Waals surface area contributed by atoms with E-state index in [2.05, 4.69) is 27.5 Å². The van der Waals surface area contributed by atoms with E-state index >= 15 is 0 Å². The van der Waals surface area contributed by atoms with Crippen LogP contribution in [0.2, 0.25) is 0 Å². The second-order valence-electron chi connectivity index (χ2n) is 5.14. The maximum Gasteiger partial charge on any atom is 0.180 e. The molecule has 0 saturated carbocycles. The van der Waals surface area contributed by atoms with Crippen LogP contribution in [-0.4, -0.2) is 32.0 Å². The van der Waals surface area contributed by atoms with Crippen molar-refractivity contribution >= 4 is 11.5 Å². The number of hydrogen-bond acceptors (Lipinski definition) is 6. The molecular formula is C16H19N5O2. The molecule has 2 N–H and O–H groups in total.